The minimum atomic E-state index is -0.518. The van der Waals surface area contributed by atoms with Gasteiger partial charge in [-0.05, 0) is 73.3 Å². The van der Waals surface area contributed by atoms with Gasteiger partial charge in [-0.3, -0.25) is 4.79 Å². The largest absolute Gasteiger partial charge is 0.493 e. The Morgan fingerprint density at radius 3 is 2.50 bits per heavy atom. The second-order valence-corrected chi connectivity index (χ2v) is 9.19. The van der Waals surface area contributed by atoms with Crippen LogP contribution in [0.4, 0.5) is 10.3 Å². The van der Waals surface area contributed by atoms with Crippen LogP contribution in [0.3, 0.4) is 0 Å². The molecule has 1 fully saturated rings. The first-order chi connectivity index (χ1) is 16.7. The maximum atomic E-state index is 12.3. The molecule has 1 amide bonds. The van der Waals surface area contributed by atoms with Gasteiger partial charge in [0.1, 0.15) is 12.4 Å². The highest BCUT2D eigenvalue weighted by molar-refractivity contribution is 5.80. The van der Waals surface area contributed by atoms with Gasteiger partial charge in [-0.2, -0.15) is 0 Å². The van der Waals surface area contributed by atoms with Crippen LogP contribution < -0.4 is 15.0 Å². The number of amides is 1. The number of alkyl halides is 1. The van der Waals surface area contributed by atoms with Crippen LogP contribution in [-0.2, 0) is 11.2 Å². The lowest BCUT2D eigenvalue weighted by Gasteiger charge is -2.31. The van der Waals surface area contributed by atoms with Gasteiger partial charge in [-0.25, -0.2) is 14.4 Å². The summed E-state index contributed by atoms with van der Waals surface area (Å²) in [5.41, 5.74) is 3.61. The fourth-order valence-electron chi connectivity index (χ4n) is 4.62. The number of carbonyl (C=O) groups is 1. The van der Waals surface area contributed by atoms with Crippen LogP contribution >= 0.6 is 0 Å². The molecule has 1 aromatic carbocycles. The SMILES string of the molecule is CCc1cnc(N2CCC(COc3ccc(C4=CCC(C(=O)NCCF)CC4)cc3)CC2)nc1. The molecule has 1 unspecified atom stereocenters. The number of aromatic nitrogens is 2. The molecular weight excluding hydrogens is 431 g/mol. The van der Waals surface area contributed by atoms with E-state index in [-0.39, 0.29) is 18.4 Å². The summed E-state index contributed by atoms with van der Waals surface area (Å²) in [4.78, 5) is 23.3. The van der Waals surface area contributed by atoms with Gasteiger partial charge >= 0.3 is 0 Å². The van der Waals surface area contributed by atoms with Gasteiger partial charge in [0.15, 0.2) is 0 Å². The lowest BCUT2D eigenvalue weighted by atomic mass is 9.86. The predicted octanol–water partition coefficient (Wildman–Crippen LogP) is 4.60. The van der Waals surface area contributed by atoms with E-state index in [1.807, 2.05) is 24.5 Å². The number of aryl methyl sites for hydroxylation is 1. The topological polar surface area (TPSA) is 67.4 Å². The lowest BCUT2D eigenvalue weighted by Crippen LogP contribution is -2.36. The Hall–Kier alpha value is -2.96. The molecule has 0 saturated carbocycles. The Morgan fingerprint density at radius 1 is 1.15 bits per heavy atom. The van der Waals surface area contributed by atoms with Crippen LogP contribution in [0.5, 0.6) is 5.75 Å². The summed E-state index contributed by atoms with van der Waals surface area (Å²) < 4.78 is 18.3. The fraction of sp³-hybridized carbons (Fsp3) is 0.519. The van der Waals surface area contributed by atoms with E-state index in [2.05, 4.69) is 45.3 Å². The monoisotopic (exact) mass is 466 g/mol. The standard InChI is InChI=1S/C27H35FN4O2/c1-2-20-17-30-27(31-18-20)32-15-11-21(12-16-32)19-34-25-9-7-23(8-10-25)22-3-5-24(6-4-22)26(33)29-14-13-28/h3,7-10,17-18,21,24H,2,4-6,11-16,19H2,1H3,(H,29,33). The van der Waals surface area contributed by atoms with E-state index in [9.17, 15) is 9.18 Å². The number of hydrogen-bond donors (Lipinski definition) is 1. The number of rotatable bonds is 9. The summed E-state index contributed by atoms with van der Waals surface area (Å²) >= 11 is 0. The maximum Gasteiger partial charge on any atom is 0.225 e. The summed E-state index contributed by atoms with van der Waals surface area (Å²) in [6.07, 6.45) is 11.5. The molecule has 1 atom stereocenters. The summed E-state index contributed by atoms with van der Waals surface area (Å²) in [7, 11) is 0. The summed E-state index contributed by atoms with van der Waals surface area (Å²) in [6, 6.07) is 8.28. The molecule has 1 aliphatic heterocycles. The molecule has 0 radical (unpaired) electrons. The molecule has 0 bridgehead atoms. The van der Waals surface area contributed by atoms with Crippen molar-refractivity contribution in [2.75, 3.05) is 37.8 Å². The minimum absolute atomic E-state index is 0.0375. The second-order valence-electron chi connectivity index (χ2n) is 9.19. The van der Waals surface area contributed by atoms with Crippen molar-refractivity contribution in [2.45, 2.75) is 45.4 Å². The third-order valence-corrected chi connectivity index (χ3v) is 6.88. The Balaban J connectivity index is 1.21. The first kappa shape index (κ1) is 24.2. The average molecular weight is 467 g/mol. The van der Waals surface area contributed by atoms with Gasteiger partial charge in [0.25, 0.3) is 0 Å². The number of nitrogens with one attached hydrogen (secondary N) is 1. The van der Waals surface area contributed by atoms with Crippen LogP contribution in [-0.4, -0.2) is 48.8 Å². The Bertz CT molecular complexity index is 954. The number of hydrogen-bond acceptors (Lipinski definition) is 5. The van der Waals surface area contributed by atoms with E-state index in [0.717, 1.165) is 63.5 Å². The van der Waals surface area contributed by atoms with Crippen LogP contribution in [0.1, 0.15) is 50.2 Å². The van der Waals surface area contributed by atoms with E-state index in [4.69, 9.17) is 4.74 Å². The number of piperidine rings is 1. The molecule has 182 valence electrons. The molecule has 4 rings (SSSR count). The minimum Gasteiger partial charge on any atom is -0.493 e. The first-order valence-corrected chi connectivity index (χ1v) is 12.5. The van der Waals surface area contributed by atoms with E-state index in [1.165, 1.54) is 16.7 Å². The Morgan fingerprint density at radius 2 is 1.88 bits per heavy atom. The van der Waals surface area contributed by atoms with Gasteiger partial charge in [-0.15, -0.1) is 0 Å². The zero-order chi connectivity index (χ0) is 23.8. The summed E-state index contributed by atoms with van der Waals surface area (Å²) in [6.45, 7) is 4.34. The van der Waals surface area contributed by atoms with E-state index >= 15 is 0 Å². The number of carbonyl (C=O) groups excluding carboxylic acids is 1. The van der Waals surface area contributed by atoms with Crippen molar-refractivity contribution in [1.29, 1.82) is 0 Å². The van der Waals surface area contributed by atoms with Crippen molar-refractivity contribution >= 4 is 17.4 Å². The number of benzene rings is 1. The zero-order valence-corrected chi connectivity index (χ0v) is 20.0. The molecule has 1 N–H and O–H groups in total. The molecule has 7 heteroatoms. The highest BCUT2D eigenvalue weighted by Gasteiger charge is 2.23. The number of halogens is 1. The number of nitrogens with zero attached hydrogens (tertiary/aromatic N) is 3. The number of anilines is 1. The third kappa shape index (κ3) is 6.33. The van der Waals surface area contributed by atoms with Gasteiger partial charge < -0.3 is 15.0 Å². The van der Waals surface area contributed by atoms with Gasteiger partial charge in [0.05, 0.1) is 6.61 Å². The fourth-order valence-corrected chi connectivity index (χ4v) is 4.62. The van der Waals surface area contributed by atoms with E-state index in [0.29, 0.717) is 12.3 Å². The van der Waals surface area contributed by atoms with Gasteiger partial charge in [-0.1, -0.05) is 25.1 Å². The molecule has 1 aliphatic carbocycles. The van der Waals surface area contributed by atoms with Crippen LogP contribution in [0, 0.1) is 11.8 Å². The molecule has 2 aromatic rings. The average Bonchev–Trinajstić information content (AvgIpc) is 2.91. The van der Waals surface area contributed by atoms with Crippen LogP contribution in [0.15, 0.2) is 42.7 Å². The molecule has 0 spiro atoms. The molecule has 2 heterocycles. The van der Waals surface area contributed by atoms with Crippen molar-refractivity contribution < 1.29 is 13.9 Å². The van der Waals surface area contributed by atoms with E-state index < -0.39 is 6.67 Å². The van der Waals surface area contributed by atoms with Gasteiger partial charge in [0, 0.05) is 37.9 Å². The lowest BCUT2D eigenvalue weighted by molar-refractivity contribution is -0.125. The predicted molar refractivity (Wildman–Crippen MR) is 133 cm³/mol. The second kappa shape index (κ2) is 12.0. The molecule has 34 heavy (non-hydrogen) atoms. The molecule has 2 aliphatic rings. The van der Waals surface area contributed by atoms with E-state index in [1.54, 1.807) is 0 Å². The third-order valence-electron chi connectivity index (χ3n) is 6.88. The van der Waals surface area contributed by atoms with Crippen molar-refractivity contribution in [3.05, 3.63) is 53.9 Å². The van der Waals surface area contributed by atoms with Crippen LogP contribution in [0.25, 0.3) is 5.57 Å². The Labute approximate surface area is 201 Å². The smallest absolute Gasteiger partial charge is 0.225 e. The Kier molecular flexibility index (Phi) is 8.50. The maximum absolute atomic E-state index is 12.3. The highest BCUT2D eigenvalue weighted by Crippen LogP contribution is 2.31. The van der Waals surface area contributed by atoms with Crippen molar-refractivity contribution in [2.24, 2.45) is 11.8 Å². The molecular formula is C27H35FN4O2. The number of allylic oxidation sites excluding steroid dienone is 2. The quantitative estimate of drug-likeness (QED) is 0.585. The number of ether oxygens (including phenoxy) is 1. The van der Waals surface area contributed by atoms with Crippen LogP contribution in [0.2, 0.25) is 0 Å². The zero-order valence-electron chi connectivity index (χ0n) is 20.0. The molecule has 6 nitrogen and oxygen atoms in total. The van der Waals surface area contributed by atoms with Crippen molar-refractivity contribution in [3.63, 3.8) is 0 Å². The van der Waals surface area contributed by atoms with Crippen molar-refractivity contribution in [1.82, 2.24) is 15.3 Å². The summed E-state index contributed by atoms with van der Waals surface area (Å²) in [5, 5.41) is 2.65. The normalized spacial score (nSPS) is 18.9. The molecule has 1 aromatic heterocycles. The van der Waals surface area contributed by atoms with Gasteiger partial charge in [0.2, 0.25) is 11.9 Å². The molecule has 1 saturated heterocycles. The summed E-state index contributed by atoms with van der Waals surface area (Å²) in [5.74, 6) is 2.17. The first-order valence-electron chi connectivity index (χ1n) is 12.5. The van der Waals surface area contributed by atoms with Crippen molar-refractivity contribution in [3.8, 4) is 5.75 Å². The highest BCUT2D eigenvalue weighted by atomic mass is 19.1.